The summed E-state index contributed by atoms with van der Waals surface area (Å²) in [6.07, 6.45) is -4.29. The highest BCUT2D eigenvalue weighted by Crippen LogP contribution is 2.44. The first kappa shape index (κ1) is 13.2. The van der Waals surface area contributed by atoms with Gasteiger partial charge in [0.1, 0.15) is 23.6 Å². The number of halogens is 3. The van der Waals surface area contributed by atoms with E-state index in [1.54, 1.807) is 6.07 Å². The molecule has 1 heterocycles. The van der Waals surface area contributed by atoms with Crippen LogP contribution in [0.4, 0.5) is 13.2 Å². The minimum atomic E-state index is -4.77. The van der Waals surface area contributed by atoms with E-state index in [1.165, 1.54) is 6.20 Å². The van der Waals surface area contributed by atoms with Crippen LogP contribution >= 0.6 is 0 Å². The van der Waals surface area contributed by atoms with Crippen LogP contribution in [0.2, 0.25) is 0 Å². The number of alkyl halides is 3. The van der Waals surface area contributed by atoms with Crippen LogP contribution in [-0.2, 0) is 0 Å². The van der Waals surface area contributed by atoms with Crippen molar-refractivity contribution >= 4 is 0 Å². The lowest BCUT2D eigenvalue weighted by molar-refractivity contribution is -0.177. The summed E-state index contributed by atoms with van der Waals surface area (Å²) in [5.74, 6) is 0.0146. The maximum atomic E-state index is 12.5. The quantitative estimate of drug-likeness (QED) is 0.844. The molecule has 0 amide bonds. The summed E-state index contributed by atoms with van der Waals surface area (Å²) in [5, 5.41) is 17.2. The molecule has 7 heteroatoms. The van der Waals surface area contributed by atoms with Crippen LogP contribution in [0.5, 0.6) is 5.75 Å². The normalized spacial score (nSPS) is 16.3. The summed E-state index contributed by atoms with van der Waals surface area (Å²) in [4.78, 5) is 3.81. The molecule has 1 aliphatic rings. The highest BCUT2D eigenvalue weighted by molar-refractivity contribution is 5.41. The van der Waals surface area contributed by atoms with Gasteiger partial charge >= 0.3 is 6.18 Å². The van der Waals surface area contributed by atoms with Crippen molar-refractivity contribution in [1.82, 2.24) is 4.98 Å². The monoisotopic (exact) mass is 267 g/mol. The third-order valence-electron chi connectivity index (χ3n) is 2.69. The van der Waals surface area contributed by atoms with Crippen molar-refractivity contribution < 1.29 is 17.9 Å². The molecule has 1 aliphatic carbocycles. The summed E-state index contributed by atoms with van der Waals surface area (Å²) in [6, 6.07) is 3.94. The lowest BCUT2D eigenvalue weighted by Gasteiger charge is -2.17. The van der Waals surface area contributed by atoms with Crippen LogP contribution in [0, 0.1) is 22.7 Å². The Morgan fingerprint density at radius 1 is 1.37 bits per heavy atom. The van der Waals surface area contributed by atoms with Crippen LogP contribution < -0.4 is 4.74 Å². The molecule has 1 fully saturated rings. The Hall–Kier alpha value is -2.28. The maximum Gasteiger partial charge on any atom is 0.439 e. The van der Waals surface area contributed by atoms with E-state index in [-0.39, 0.29) is 17.4 Å². The van der Waals surface area contributed by atoms with Gasteiger partial charge in [-0.15, -0.1) is 0 Å². The second-order valence-corrected chi connectivity index (χ2v) is 4.16. The first-order valence-electron chi connectivity index (χ1n) is 5.48. The molecule has 0 saturated heterocycles. The topological polar surface area (TPSA) is 69.7 Å². The fourth-order valence-electron chi connectivity index (χ4n) is 1.60. The third-order valence-corrected chi connectivity index (χ3v) is 2.69. The molecular formula is C12H8F3N3O. The molecule has 1 saturated carbocycles. The third kappa shape index (κ3) is 2.94. The molecule has 1 aromatic rings. The number of pyridine rings is 1. The average Bonchev–Trinajstić information content (AvgIpc) is 3.18. The first-order valence-corrected chi connectivity index (χ1v) is 5.48. The summed E-state index contributed by atoms with van der Waals surface area (Å²) in [6.45, 7) is 0. The molecule has 0 aromatic carbocycles. The van der Waals surface area contributed by atoms with Gasteiger partial charge in [0.2, 0.25) is 0 Å². The van der Waals surface area contributed by atoms with E-state index in [0.29, 0.717) is 5.56 Å². The van der Waals surface area contributed by atoms with Gasteiger partial charge in [-0.25, -0.2) is 4.98 Å². The molecule has 0 aliphatic heterocycles. The van der Waals surface area contributed by atoms with Gasteiger partial charge in [0.25, 0.3) is 6.10 Å². The van der Waals surface area contributed by atoms with Gasteiger partial charge < -0.3 is 4.74 Å². The molecule has 0 N–H and O–H groups in total. The molecule has 98 valence electrons. The summed E-state index contributed by atoms with van der Waals surface area (Å²) >= 11 is 0. The largest absolute Gasteiger partial charge is 0.465 e. The van der Waals surface area contributed by atoms with E-state index in [2.05, 4.69) is 4.98 Å². The zero-order valence-electron chi connectivity index (χ0n) is 9.61. The number of nitriles is 2. The van der Waals surface area contributed by atoms with Crippen LogP contribution in [0.15, 0.2) is 12.3 Å². The Balaban J connectivity index is 2.32. The van der Waals surface area contributed by atoms with E-state index >= 15 is 0 Å². The minimum absolute atomic E-state index is 0.0433. The standard InChI is InChI=1S/C12H8F3N3O/c13-12(14,15)11(5-17)19-10-3-8(4-16)18-6-9(10)7-1-2-7/h3,6-7,11H,1-2H2/t11-/m0/s1. The van der Waals surface area contributed by atoms with Crippen molar-refractivity contribution in [1.29, 1.82) is 10.5 Å². The number of nitrogens with zero attached hydrogens (tertiary/aromatic N) is 3. The van der Waals surface area contributed by atoms with Crippen molar-refractivity contribution in [3.05, 3.63) is 23.5 Å². The number of aromatic nitrogens is 1. The number of hydrogen-bond acceptors (Lipinski definition) is 4. The van der Waals surface area contributed by atoms with Gasteiger partial charge in [0.15, 0.2) is 0 Å². The van der Waals surface area contributed by atoms with Crippen LogP contribution in [0.3, 0.4) is 0 Å². The van der Waals surface area contributed by atoms with Crippen LogP contribution in [0.1, 0.15) is 30.0 Å². The lowest BCUT2D eigenvalue weighted by atomic mass is 10.1. The fraction of sp³-hybridized carbons (Fsp3) is 0.417. The number of ether oxygens (including phenoxy) is 1. The fourth-order valence-corrected chi connectivity index (χ4v) is 1.60. The smallest absolute Gasteiger partial charge is 0.439 e. The summed E-state index contributed by atoms with van der Waals surface area (Å²) in [7, 11) is 0. The molecule has 19 heavy (non-hydrogen) atoms. The highest BCUT2D eigenvalue weighted by atomic mass is 19.4. The number of rotatable bonds is 3. The second kappa shape index (κ2) is 4.77. The van der Waals surface area contributed by atoms with Crippen LogP contribution in [0.25, 0.3) is 0 Å². The molecule has 0 unspecified atom stereocenters. The Morgan fingerprint density at radius 3 is 2.53 bits per heavy atom. The molecule has 1 aromatic heterocycles. The molecule has 2 rings (SSSR count). The molecular weight excluding hydrogens is 259 g/mol. The number of hydrogen-bond donors (Lipinski definition) is 0. The maximum absolute atomic E-state index is 12.5. The lowest BCUT2D eigenvalue weighted by Crippen LogP contribution is -2.33. The van der Waals surface area contributed by atoms with Crippen molar-refractivity contribution in [3.63, 3.8) is 0 Å². The zero-order valence-corrected chi connectivity index (χ0v) is 9.61. The van der Waals surface area contributed by atoms with Gasteiger partial charge in [0, 0.05) is 17.8 Å². The van der Waals surface area contributed by atoms with Crippen molar-refractivity contribution in [2.75, 3.05) is 0 Å². The predicted octanol–water partition coefficient (Wildman–Crippen LogP) is 2.66. The van der Waals surface area contributed by atoms with E-state index < -0.39 is 12.3 Å². The molecule has 1 atom stereocenters. The Kier molecular flexibility index (Phi) is 3.30. The molecule has 0 radical (unpaired) electrons. The summed E-state index contributed by atoms with van der Waals surface area (Å²) < 4.78 is 42.3. The molecule has 0 spiro atoms. The van der Waals surface area contributed by atoms with Crippen molar-refractivity contribution in [2.24, 2.45) is 0 Å². The Labute approximate surface area is 107 Å². The molecule has 4 nitrogen and oxygen atoms in total. The zero-order chi connectivity index (χ0) is 14.0. The Morgan fingerprint density at radius 2 is 2.05 bits per heavy atom. The Bertz CT molecular complexity index is 567. The average molecular weight is 267 g/mol. The van der Waals surface area contributed by atoms with E-state index in [4.69, 9.17) is 15.3 Å². The predicted molar refractivity (Wildman–Crippen MR) is 57.0 cm³/mol. The van der Waals surface area contributed by atoms with E-state index in [1.807, 2.05) is 0 Å². The first-order chi connectivity index (χ1) is 8.95. The second-order valence-electron chi connectivity index (χ2n) is 4.16. The van der Waals surface area contributed by atoms with E-state index in [0.717, 1.165) is 25.0 Å². The van der Waals surface area contributed by atoms with Crippen LogP contribution in [-0.4, -0.2) is 17.3 Å². The highest BCUT2D eigenvalue weighted by Gasteiger charge is 2.43. The molecule has 0 bridgehead atoms. The van der Waals surface area contributed by atoms with Gasteiger partial charge in [-0.1, -0.05) is 0 Å². The van der Waals surface area contributed by atoms with Gasteiger partial charge in [-0.05, 0) is 18.8 Å². The van der Waals surface area contributed by atoms with Crippen molar-refractivity contribution in [3.8, 4) is 17.9 Å². The summed E-state index contributed by atoms with van der Waals surface area (Å²) in [5.41, 5.74) is 0.474. The van der Waals surface area contributed by atoms with Gasteiger partial charge in [-0.2, -0.15) is 23.7 Å². The van der Waals surface area contributed by atoms with Gasteiger partial charge in [0.05, 0.1) is 0 Å². The minimum Gasteiger partial charge on any atom is -0.465 e. The van der Waals surface area contributed by atoms with Gasteiger partial charge in [-0.3, -0.25) is 0 Å². The van der Waals surface area contributed by atoms with Crippen molar-refractivity contribution in [2.45, 2.75) is 31.0 Å². The van der Waals surface area contributed by atoms with E-state index in [9.17, 15) is 13.2 Å². The SMILES string of the molecule is N#Cc1cc(O[C@@H](C#N)C(F)(F)F)c(C2CC2)cn1.